The summed E-state index contributed by atoms with van der Waals surface area (Å²) in [5.41, 5.74) is 1.32. The van der Waals surface area contributed by atoms with Crippen LogP contribution < -0.4 is 4.74 Å². The van der Waals surface area contributed by atoms with Gasteiger partial charge >= 0.3 is 0 Å². The van der Waals surface area contributed by atoms with Crippen molar-refractivity contribution >= 4 is 17.0 Å². The number of benzene rings is 1. The van der Waals surface area contributed by atoms with Gasteiger partial charge in [-0.3, -0.25) is 4.79 Å². The number of oxazole rings is 1. The maximum Gasteiger partial charge on any atom is 0.260 e. The molecule has 0 bridgehead atoms. The third-order valence-electron chi connectivity index (χ3n) is 3.89. The first-order valence-electron chi connectivity index (χ1n) is 7.36. The van der Waals surface area contributed by atoms with E-state index in [-0.39, 0.29) is 12.5 Å². The molecule has 0 radical (unpaired) electrons. The van der Waals surface area contributed by atoms with Crippen molar-refractivity contribution in [2.45, 2.75) is 20.3 Å². The number of aromatic nitrogens is 1. The summed E-state index contributed by atoms with van der Waals surface area (Å²) in [6, 6.07) is 5.49. The molecule has 1 amide bonds. The molecule has 112 valence electrons. The third-order valence-corrected chi connectivity index (χ3v) is 3.89. The molecule has 2 atom stereocenters. The molecule has 0 spiro atoms. The molecule has 2 heterocycles. The number of rotatable bonds is 3. The zero-order chi connectivity index (χ0) is 14.8. The lowest BCUT2D eigenvalue weighted by atomic mass is 9.92. The van der Waals surface area contributed by atoms with Gasteiger partial charge in [0.2, 0.25) is 0 Å². The van der Waals surface area contributed by atoms with Crippen LogP contribution in [0.25, 0.3) is 11.1 Å². The highest BCUT2D eigenvalue weighted by Gasteiger charge is 2.25. The monoisotopic (exact) mass is 288 g/mol. The third kappa shape index (κ3) is 3.01. The number of carbonyl (C=O) groups is 1. The van der Waals surface area contributed by atoms with Crippen molar-refractivity contribution in [2.24, 2.45) is 11.8 Å². The van der Waals surface area contributed by atoms with Crippen LogP contribution in [-0.4, -0.2) is 35.5 Å². The van der Waals surface area contributed by atoms with E-state index in [1.807, 2.05) is 17.0 Å². The Bertz CT molecular complexity index is 627. The summed E-state index contributed by atoms with van der Waals surface area (Å²) < 4.78 is 10.9. The van der Waals surface area contributed by atoms with Gasteiger partial charge < -0.3 is 14.1 Å². The van der Waals surface area contributed by atoms with Gasteiger partial charge in [-0.1, -0.05) is 19.9 Å². The van der Waals surface area contributed by atoms with Crippen LogP contribution >= 0.6 is 0 Å². The fraction of sp³-hybridized carbons (Fsp3) is 0.500. The average molecular weight is 288 g/mol. The van der Waals surface area contributed by atoms with Gasteiger partial charge in [0.05, 0.1) is 0 Å². The van der Waals surface area contributed by atoms with Gasteiger partial charge in [-0.25, -0.2) is 4.98 Å². The normalized spacial score (nSPS) is 22.5. The molecule has 3 rings (SSSR count). The van der Waals surface area contributed by atoms with Crippen molar-refractivity contribution in [3.8, 4) is 5.75 Å². The number of likely N-dealkylation sites (tertiary alicyclic amines) is 1. The van der Waals surface area contributed by atoms with Gasteiger partial charge in [0, 0.05) is 13.1 Å². The smallest absolute Gasteiger partial charge is 0.260 e. The molecule has 5 heteroatoms. The number of para-hydroxylation sites is 1. The predicted molar refractivity (Wildman–Crippen MR) is 79.0 cm³/mol. The summed E-state index contributed by atoms with van der Waals surface area (Å²) in [5, 5.41) is 0. The standard InChI is InChI=1S/C16H20N2O3/c1-11-6-12(2)8-18(7-11)15(19)9-20-14-5-3-4-13-16(14)21-10-17-13/h3-5,10-12H,6-9H2,1-2H3. The van der Waals surface area contributed by atoms with Gasteiger partial charge in [0.15, 0.2) is 24.3 Å². The van der Waals surface area contributed by atoms with Crippen LogP contribution in [0.2, 0.25) is 0 Å². The minimum absolute atomic E-state index is 0.0323. The second kappa shape index (κ2) is 5.76. The van der Waals surface area contributed by atoms with Gasteiger partial charge in [0.1, 0.15) is 5.52 Å². The van der Waals surface area contributed by atoms with Crippen LogP contribution in [-0.2, 0) is 4.79 Å². The van der Waals surface area contributed by atoms with E-state index in [1.54, 1.807) is 6.07 Å². The molecule has 1 saturated heterocycles. The largest absolute Gasteiger partial charge is 0.480 e. The fourth-order valence-electron chi connectivity index (χ4n) is 3.07. The first kappa shape index (κ1) is 13.9. The summed E-state index contributed by atoms with van der Waals surface area (Å²) in [7, 11) is 0. The van der Waals surface area contributed by atoms with Crippen molar-refractivity contribution in [1.82, 2.24) is 9.88 Å². The van der Waals surface area contributed by atoms with Crippen LogP contribution in [0.15, 0.2) is 29.0 Å². The summed E-state index contributed by atoms with van der Waals surface area (Å²) in [6.45, 7) is 6.05. The van der Waals surface area contributed by atoms with Crippen molar-refractivity contribution in [3.63, 3.8) is 0 Å². The highest BCUT2D eigenvalue weighted by molar-refractivity contribution is 5.81. The van der Waals surface area contributed by atoms with Gasteiger partial charge in [-0.15, -0.1) is 0 Å². The minimum Gasteiger partial charge on any atom is -0.480 e. The molecule has 1 aromatic carbocycles. The van der Waals surface area contributed by atoms with Crippen LogP contribution in [0, 0.1) is 11.8 Å². The van der Waals surface area contributed by atoms with Crippen molar-refractivity contribution in [3.05, 3.63) is 24.6 Å². The van der Waals surface area contributed by atoms with Crippen molar-refractivity contribution in [2.75, 3.05) is 19.7 Å². The molecule has 1 fully saturated rings. The Hall–Kier alpha value is -2.04. The second-order valence-corrected chi connectivity index (χ2v) is 5.99. The first-order valence-corrected chi connectivity index (χ1v) is 7.36. The molecule has 1 aromatic heterocycles. The molecule has 0 aliphatic carbocycles. The number of nitrogens with zero attached hydrogens (tertiary/aromatic N) is 2. The molecule has 1 aliphatic heterocycles. The molecular formula is C16H20N2O3. The Morgan fingerprint density at radius 1 is 1.38 bits per heavy atom. The van der Waals surface area contributed by atoms with E-state index < -0.39 is 0 Å². The number of ether oxygens (including phenoxy) is 1. The van der Waals surface area contributed by atoms with E-state index in [2.05, 4.69) is 18.8 Å². The van der Waals surface area contributed by atoms with Gasteiger partial charge in [-0.2, -0.15) is 0 Å². The Morgan fingerprint density at radius 2 is 2.14 bits per heavy atom. The van der Waals surface area contributed by atoms with Gasteiger partial charge in [0.25, 0.3) is 5.91 Å². The van der Waals surface area contributed by atoms with E-state index in [1.165, 1.54) is 12.8 Å². The number of amides is 1. The van der Waals surface area contributed by atoms with Gasteiger partial charge in [-0.05, 0) is 30.4 Å². The molecule has 1 aliphatic rings. The fourth-order valence-corrected chi connectivity index (χ4v) is 3.07. The number of carbonyl (C=O) groups excluding carboxylic acids is 1. The summed E-state index contributed by atoms with van der Waals surface area (Å²) in [4.78, 5) is 18.3. The van der Waals surface area contributed by atoms with E-state index in [0.717, 1.165) is 18.6 Å². The minimum atomic E-state index is 0.0323. The maximum absolute atomic E-state index is 12.3. The molecule has 2 unspecified atom stereocenters. The zero-order valence-electron chi connectivity index (χ0n) is 12.4. The topological polar surface area (TPSA) is 55.6 Å². The van der Waals surface area contributed by atoms with E-state index >= 15 is 0 Å². The molecule has 21 heavy (non-hydrogen) atoms. The van der Waals surface area contributed by atoms with E-state index in [9.17, 15) is 4.79 Å². The molecular weight excluding hydrogens is 268 g/mol. The van der Waals surface area contributed by atoms with Crippen LogP contribution in [0.5, 0.6) is 5.75 Å². The Balaban J connectivity index is 1.64. The highest BCUT2D eigenvalue weighted by atomic mass is 16.5. The second-order valence-electron chi connectivity index (χ2n) is 5.99. The first-order chi connectivity index (χ1) is 10.1. The number of hydrogen-bond donors (Lipinski definition) is 0. The van der Waals surface area contributed by atoms with Crippen LogP contribution in [0.4, 0.5) is 0 Å². The quantitative estimate of drug-likeness (QED) is 0.871. The molecule has 0 saturated carbocycles. The van der Waals surface area contributed by atoms with E-state index in [4.69, 9.17) is 9.15 Å². The molecule has 0 N–H and O–H groups in total. The van der Waals surface area contributed by atoms with Crippen molar-refractivity contribution in [1.29, 1.82) is 0 Å². The Labute approximate surface area is 123 Å². The maximum atomic E-state index is 12.3. The van der Waals surface area contributed by atoms with E-state index in [0.29, 0.717) is 23.2 Å². The number of fused-ring (bicyclic) bond motifs is 1. The average Bonchev–Trinajstić information content (AvgIpc) is 2.92. The Kier molecular flexibility index (Phi) is 3.82. The highest BCUT2D eigenvalue weighted by Crippen LogP contribution is 2.25. The lowest BCUT2D eigenvalue weighted by molar-refractivity contribution is -0.136. The molecule has 5 nitrogen and oxygen atoms in total. The lowest BCUT2D eigenvalue weighted by Gasteiger charge is -2.34. The lowest BCUT2D eigenvalue weighted by Crippen LogP contribution is -2.44. The number of piperidine rings is 1. The zero-order valence-corrected chi connectivity index (χ0v) is 12.4. The Morgan fingerprint density at radius 3 is 2.90 bits per heavy atom. The van der Waals surface area contributed by atoms with Crippen molar-refractivity contribution < 1.29 is 13.9 Å². The van der Waals surface area contributed by atoms with Crippen LogP contribution in [0.1, 0.15) is 20.3 Å². The molecule has 2 aromatic rings. The number of hydrogen-bond acceptors (Lipinski definition) is 4. The summed E-state index contributed by atoms with van der Waals surface area (Å²) in [6.07, 6.45) is 2.56. The SMILES string of the molecule is CC1CC(C)CN(C(=O)COc2cccc3ncoc23)C1. The summed E-state index contributed by atoms with van der Waals surface area (Å²) >= 11 is 0. The van der Waals surface area contributed by atoms with Crippen LogP contribution in [0.3, 0.4) is 0 Å². The summed E-state index contributed by atoms with van der Waals surface area (Å²) in [5.74, 6) is 1.70. The predicted octanol–water partition coefficient (Wildman–Crippen LogP) is 2.71.